The normalized spacial score (nSPS) is 10.3. The number of hydrogen-bond donors (Lipinski definition) is 2. The summed E-state index contributed by atoms with van der Waals surface area (Å²) in [4.78, 5) is 36.7. The summed E-state index contributed by atoms with van der Waals surface area (Å²) in [7, 11) is 0. The van der Waals surface area contributed by atoms with Gasteiger partial charge in [0.1, 0.15) is 5.69 Å². The molecule has 27 heavy (non-hydrogen) atoms. The van der Waals surface area contributed by atoms with Gasteiger partial charge in [-0.3, -0.25) is 14.6 Å². The first kappa shape index (κ1) is 18.2. The van der Waals surface area contributed by atoms with E-state index in [1.165, 1.54) is 6.92 Å². The molecule has 2 N–H and O–H groups in total. The van der Waals surface area contributed by atoms with E-state index >= 15 is 0 Å². The van der Waals surface area contributed by atoms with Crippen LogP contribution in [0.2, 0.25) is 0 Å². The van der Waals surface area contributed by atoms with Gasteiger partial charge in [-0.15, -0.1) is 0 Å². The monoisotopic (exact) mass is 361 g/mol. The molecule has 0 radical (unpaired) electrons. The number of carbonyl (C=O) groups excluding carboxylic acids is 2. The lowest BCUT2D eigenvalue weighted by Crippen LogP contribution is -2.24. The smallest absolute Gasteiger partial charge is 0.270 e. The number of aromatic nitrogens is 3. The lowest BCUT2D eigenvalue weighted by molar-refractivity contribution is 0.0944. The van der Waals surface area contributed by atoms with Crippen molar-refractivity contribution in [3.05, 3.63) is 77.4 Å². The van der Waals surface area contributed by atoms with Crippen LogP contribution >= 0.6 is 0 Å². The fourth-order valence-electron chi connectivity index (χ4n) is 2.45. The third-order valence-electron chi connectivity index (χ3n) is 3.77. The molecule has 0 bridgehead atoms. The molecule has 0 saturated carbocycles. The summed E-state index contributed by atoms with van der Waals surface area (Å²) in [5.74, 6) is -0.0521. The quantitative estimate of drug-likeness (QED) is 0.655. The van der Waals surface area contributed by atoms with Crippen molar-refractivity contribution in [2.75, 3.05) is 5.32 Å². The maximum absolute atomic E-state index is 12.4. The SMILES string of the molecule is CC(=O)c1cccc(Nc2nc(C)cc(C(=O)NCc3ccccn3)n2)c1. The lowest BCUT2D eigenvalue weighted by Gasteiger charge is -2.09. The third kappa shape index (κ3) is 4.94. The number of nitrogens with one attached hydrogen (secondary N) is 2. The van der Waals surface area contributed by atoms with Crippen LogP contribution in [0.25, 0.3) is 0 Å². The molecule has 136 valence electrons. The summed E-state index contributed by atoms with van der Waals surface area (Å²) in [6.45, 7) is 3.60. The van der Waals surface area contributed by atoms with Gasteiger partial charge in [0.15, 0.2) is 5.78 Å². The number of rotatable bonds is 6. The number of aryl methyl sites for hydroxylation is 1. The highest BCUT2D eigenvalue weighted by Crippen LogP contribution is 2.16. The average molecular weight is 361 g/mol. The number of anilines is 2. The van der Waals surface area contributed by atoms with Crippen LogP contribution in [0.5, 0.6) is 0 Å². The fourth-order valence-corrected chi connectivity index (χ4v) is 2.45. The molecular formula is C20H19N5O2. The van der Waals surface area contributed by atoms with Gasteiger partial charge in [0.25, 0.3) is 5.91 Å². The topological polar surface area (TPSA) is 96.9 Å². The first-order valence-corrected chi connectivity index (χ1v) is 8.43. The third-order valence-corrected chi connectivity index (χ3v) is 3.77. The Hall–Kier alpha value is -3.61. The number of Topliss-reactive ketones (excluding diaryl/α,β-unsaturated/α-hetero) is 1. The van der Waals surface area contributed by atoms with Gasteiger partial charge in [0, 0.05) is 23.1 Å². The highest BCUT2D eigenvalue weighted by Gasteiger charge is 2.11. The first-order valence-electron chi connectivity index (χ1n) is 8.43. The Morgan fingerprint density at radius 3 is 2.63 bits per heavy atom. The fraction of sp³-hybridized carbons (Fsp3) is 0.150. The molecule has 2 aromatic heterocycles. The molecule has 7 heteroatoms. The van der Waals surface area contributed by atoms with E-state index in [4.69, 9.17) is 0 Å². The summed E-state index contributed by atoms with van der Waals surface area (Å²) >= 11 is 0. The van der Waals surface area contributed by atoms with E-state index in [2.05, 4.69) is 25.6 Å². The summed E-state index contributed by atoms with van der Waals surface area (Å²) in [6, 6.07) is 14.2. The number of hydrogen-bond acceptors (Lipinski definition) is 6. The molecule has 0 aliphatic heterocycles. The largest absolute Gasteiger partial charge is 0.345 e. The van der Waals surface area contributed by atoms with Gasteiger partial charge in [-0.05, 0) is 44.2 Å². The number of amides is 1. The molecule has 1 aromatic carbocycles. The zero-order valence-electron chi connectivity index (χ0n) is 15.1. The van der Waals surface area contributed by atoms with Crippen molar-refractivity contribution >= 4 is 23.3 Å². The van der Waals surface area contributed by atoms with Crippen molar-refractivity contribution in [1.29, 1.82) is 0 Å². The van der Waals surface area contributed by atoms with Crippen LogP contribution in [0, 0.1) is 6.92 Å². The van der Waals surface area contributed by atoms with E-state index in [1.54, 1.807) is 43.5 Å². The number of carbonyl (C=O) groups is 2. The lowest BCUT2D eigenvalue weighted by atomic mass is 10.1. The van der Waals surface area contributed by atoms with E-state index in [0.29, 0.717) is 29.4 Å². The summed E-state index contributed by atoms with van der Waals surface area (Å²) in [5.41, 5.74) is 2.92. The molecule has 0 aliphatic carbocycles. The van der Waals surface area contributed by atoms with Crippen molar-refractivity contribution in [3.8, 4) is 0 Å². The van der Waals surface area contributed by atoms with Gasteiger partial charge in [-0.1, -0.05) is 18.2 Å². The van der Waals surface area contributed by atoms with E-state index in [9.17, 15) is 9.59 Å². The van der Waals surface area contributed by atoms with E-state index in [1.807, 2.05) is 18.2 Å². The maximum Gasteiger partial charge on any atom is 0.270 e. The minimum Gasteiger partial charge on any atom is -0.345 e. The molecule has 0 atom stereocenters. The maximum atomic E-state index is 12.4. The van der Waals surface area contributed by atoms with Gasteiger partial charge in [0.05, 0.1) is 12.2 Å². The van der Waals surface area contributed by atoms with Gasteiger partial charge >= 0.3 is 0 Å². The minimum absolute atomic E-state index is 0.0293. The van der Waals surface area contributed by atoms with Gasteiger partial charge in [-0.2, -0.15) is 0 Å². The van der Waals surface area contributed by atoms with Crippen LogP contribution in [-0.4, -0.2) is 26.6 Å². The van der Waals surface area contributed by atoms with Gasteiger partial charge in [-0.25, -0.2) is 9.97 Å². The Morgan fingerprint density at radius 1 is 1.04 bits per heavy atom. The van der Waals surface area contributed by atoms with Crippen molar-refractivity contribution in [1.82, 2.24) is 20.3 Å². The summed E-state index contributed by atoms with van der Waals surface area (Å²) in [6.07, 6.45) is 1.67. The van der Waals surface area contributed by atoms with E-state index in [0.717, 1.165) is 5.69 Å². The number of pyridine rings is 1. The van der Waals surface area contributed by atoms with E-state index < -0.39 is 0 Å². The molecular weight excluding hydrogens is 342 g/mol. The molecule has 2 heterocycles. The molecule has 0 spiro atoms. The van der Waals surface area contributed by atoms with E-state index in [-0.39, 0.29) is 17.4 Å². The molecule has 0 saturated heterocycles. The zero-order chi connectivity index (χ0) is 19.2. The minimum atomic E-state index is -0.313. The Morgan fingerprint density at radius 2 is 1.89 bits per heavy atom. The molecule has 7 nitrogen and oxygen atoms in total. The molecule has 3 aromatic rings. The molecule has 3 rings (SSSR count). The zero-order valence-corrected chi connectivity index (χ0v) is 15.1. The van der Waals surface area contributed by atoms with Crippen LogP contribution in [0.1, 0.15) is 39.2 Å². The van der Waals surface area contributed by atoms with Crippen LogP contribution in [0.3, 0.4) is 0 Å². The Bertz CT molecular complexity index is 973. The molecule has 0 aliphatic rings. The van der Waals surface area contributed by atoms with Crippen LogP contribution in [0.4, 0.5) is 11.6 Å². The number of benzene rings is 1. The van der Waals surface area contributed by atoms with Crippen molar-refractivity contribution < 1.29 is 9.59 Å². The average Bonchev–Trinajstić information content (AvgIpc) is 2.66. The second kappa shape index (κ2) is 8.18. The second-order valence-electron chi connectivity index (χ2n) is 5.98. The Kier molecular flexibility index (Phi) is 5.51. The number of ketones is 1. The second-order valence-corrected chi connectivity index (χ2v) is 5.98. The van der Waals surface area contributed by atoms with Crippen LogP contribution in [0.15, 0.2) is 54.7 Å². The first-order chi connectivity index (χ1) is 13.0. The predicted octanol–water partition coefficient (Wildman–Crippen LogP) is 3.06. The predicted molar refractivity (Wildman–Crippen MR) is 102 cm³/mol. The highest BCUT2D eigenvalue weighted by atomic mass is 16.2. The van der Waals surface area contributed by atoms with Gasteiger partial charge < -0.3 is 10.6 Å². The van der Waals surface area contributed by atoms with Crippen molar-refractivity contribution in [2.45, 2.75) is 20.4 Å². The molecule has 0 unspecified atom stereocenters. The van der Waals surface area contributed by atoms with Crippen LogP contribution < -0.4 is 10.6 Å². The highest BCUT2D eigenvalue weighted by molar-refractivity contribution is 5.95. The summed E-state index contributed by atoms with van der Waals surface area (Å²) < 4.78 is 0. The van der Waals surface area contributed by atoms with Gasteiger partial charge in [0.2, 0.25) is 5.95 Å². The molecule has 1 amide bonds. The molecule has 0 fully saturated rings. The van der Waals surface area contributed by atoms with Crippen LogP contribution in [-0.2, 0) is 6.54 Å². The Balaban J connectivity index is 1.74. The van der Waals surface area contributed by atoms with Crippen molar-refractivity contribution in [3.63, 3.8) is 0 Å². The van der Waals surface area contributed by atoms with Crippen molar-refractivity contribution in [2.24, 2.45) is 0 Å². The summed E-state index contributed by atoms with van der Waals surface area (Å²) in [5, 5.41) is 5.84. The number of nitrogens with zero attached hydrogens (tertiary/aromatic N) is 3. The Labute approximate surface area is 156 Å². The standard InChI is InChI=1S/C20H19N5O2/c1-13-10-18(19(27)22-12-17-7-3-4-9-21-17)25-20(23-13)24-16-8-5-6-15(11-16)14(2)26/h3-11H,12H2,1-2H3,(H,22,27)(H,23,24,25).